The highest BCUT2D eigenvalue weighted by molar-refractivity contribution is 5.28. The fourth-order valence-corrected chi connectivity index (χ4v) is 1.96. The van der Waals surface area contributed by atoms with Crippen molar-refractivity contribution in [3.63, 3.8) is 0 Å². The summed E-state index contributed by atoms with van der Waals surface area (Å²) >= 11 is 0. The molecule has 0 aliphatic heterocycles. The first-order chi connectivity index (χ1) is 7.27. The van der Waals surface area contributed by atoms with E-state index < -0.39 is 0 Å². The van der Waals surface area contributed by atoms with Crippen molar-refractivity contribution in [2.24, 2.45) is 0 Å². The highest BCUT2D eigenvalue weighted by Gasteiger charge is 2.10. The van der Waals surface area contributed by atoms with Crippen molar-refractivity contribution >= 4 is 0 Å². The number of aromatic hydroxyl groups is 1. The van der Waals surface area contributed by atoms with Gasteiger partial charge in [-0.2, -0.15) is 0 Å². The summed E-state index contributed by atoms with van der Waals surface area (Å²) < 4.78 is 0. The molecule has 83 valence electrons. The molecule has 1 radical (unpaired) electrons. The van der Waals surface area contributed by atoms with Crippen LogP contribution in [0, 0.1) is 6.07 Å². The Morgan fingerprint density at radius 3 is 2.67 bits per heavy atom. The minimum Gasteiger partial charge on any atom is -0.508 e. The van der Waals surface area contributed by atoms with E-state index in [9.17, 15) is 5.11 Å². The number of phenols is 1. The van der Waals surface area contributed by atoms with Crippen LogP contribution in [-0.2, 0) is 0 Å². The summed E-state index contributed by atoms with van der Waals surface area (Å²) in [6.45, 7) is 4.43. The van der Waals surface area contributed by atoms with Gasteiger partial charge in [0.2, 0.25) is 0 Å². The second kappa shape index (κ2) is 6.49. The van der Waals surface area contributed by atoms with Crippen molar-refractivity contribution in [2.75, 3.05) is 0 Å². The van der Waals surface area contributed by atoms with Gasteiger partial charge in [-0.05, 0) is 42.5 Å². The Morgan fingerprint density at radius 1 is 1.27 bits per heavy atom. The van der Waals surface area contributed by atoms with Gasteiger partial charge in [-0.3, -0.25) is 0 Å². The van der Waals surface area contributed by atoms with Gasteiger partial charge in [0.1, 0.15) is 5.75 Å². The predicted molar refractivity (Wildman–Crippen MR) is 64.1 cm³/mol. The summed E-state index contributed by atoms with van der Waals surface area (Å²) in [5.41, 5.74) is 1.17. The monoisotopic (exact) mass is 205 g/mol. The Bertz CT molecular complexity index is 280. The minimum atomic E-state index is 0.362. The molecule has 0 amide bonds. The first-order valence-corrected chi connectivity index (χ1v) is 5.98. The smallest absolute Gasteiger partial charge is 0.115 e. The minimum absolute atomic E-state index is 0.362. The lowest BCUT2D eigenvalue weighted by Gasteiger charge is -2.16. The third kappa shape index (κ3) is 3.94. The summed E-state index contributed by atoms with van der Waals surface area (Å²) in [6.07, 6.45) is 6.09. The lowest BCUT2D eigenvalue weighted by Crippen LogP contribution is -1.98. The summed E-state index contributed by atoms with van der Waals surface area (Å²) in [6, 6.07) is 8.61. The normalized spacial score (nSPS) is 12.7. The lowest BCUT2D eigenvalue weighted by molar-refractivity contribution is 0.471. The molecule has 0 saturated heterocycles. The molecule has 0 aliphatic rings. The van der Waals surface area contributed by atoms with E-state index in [2.05, 4.69) is 19.9 Å². The molecule has 1 unspecified atom stereocenters. The molecule has 15 heavy (non-hydrogen) atoms. The number of benzene rings is 1. The van der Waals surface area contributed by atoms with Gasteiger partial charge < -0.3 is 5.11 Å². The quantitative estimate of drug-likeness (QED) is 0.735. The van der Waals surface area contributed by atoms with E-state index >= 15 is 0 Å². The van der Waals surface area contributed by atoms with E-state index in [0.717, 1.165) is 0 Å². The first-order valence-electron chi connectivity index (χ1n) is 5.98. The molecule has 0 spiro atoms. The van der Waals surface area contributed by atoms with Crippen LogP contribution in [0.4, 0.5) is 0 Å². The van der Waals surface area contributed by atoms with E-state index in [0.29, 0.717) is 11.7 Å². The van der Waals surface area contributed by atoms with Crippen molar-refractivity contribution in [3.8, 4) is 5.75 Å². The van der Waals surface area contributed by atoms with Crippen LogP contribution >= 0.6 is 0 Å². The summed E-state index contributed by atoms with van der Waals surface area (Å²) in [7, 11) is 0. The zero-order valence-corrected chi connectivity index (χ0v) is 9.79. The molecule has 0 fully saturated rings. The number of hydrogen-bond acceptors (Lipinski definition) is 1. The van der Waals surface area contributed by atoms with Crippen LogP contribution < -0.4 is 0 Å². The van der Waals surface area contributed by atoms with Crippen LogP contribution in [0.2, 0.25) is 0 Å². The molecule has 1 aromatic rings. The zero-order valence-electron chi connectivity index (χ0n) is 9.79. The number of rotatable bonds is 6. The number of phenolic OH excluding ortho intramolecular Hbond substituents is 1. The summed E-state index contributed by atoms with van der Waals surface area (Å²) in [5.74, 6) is 0.934. The van der Waals surface area contributed by atoms with Crippen LogP contribution in [0.3, 0.4) is 0 Å². The first kappa shape index (κ1) is 12.1. The highest BCUT2D eigenvalue weighted by Crippen LogP contribution is 2.28. The molecule has 0 heterocycles. The summed E-state index contributed by atoms with van der Waals surface area (Å²) in [4.78, 5) is 0. The van der Waals surface area contributed by atoms with Crippen LogP contribution in [0.5, 0.6) is 5.75 Å². The number of hydrogen-bond donors (Lipinski definition) is 1. The van der Waals surface area contributed by atoms with E-state index in [4.69, 9.17) is 0 Å². The fraction of sp³-hybridized carbons (Fsp3) is 0.571. The second-order valence-electron chi connectivity index (χ2n) is 4.13. The maximum Gasteiger partial charge on any atom is 0.115 e. The second-order valence-corrected chi connectivity index (χ2v) is 4.13. The van der Waals surface area contributed by atoms with Crippen molar-refractivity contribution < 1.29 is 5.11 Å². The van der Waals surface area contributed by atoms with Crippen molar-refractivity contribution in [3.05, 3.63) is 29.8 Å². The molecule has 1 nitrogen and oxygen atoms in total. The van der Waals surface area contributed by atoms with Crippen molar-refractivity contribution in [2.45, 2.75) is 51.9 Å². The van der Waals surface area contributed by atoms with Gasteiger partial charge in [0.15, 0.2) is 0 Å². The van der Waals surface area contributed by atoms with E-state index in [1.165, 1.54) is 37.7 Å². The van der Waals surface area contributed by atoms with Gasteiger partial charge in [0, 0.05) is 0 Å². The molecule has 0 aliphatic carbocycles. The van der Waals surface area contributed by atoms with Gasteiger partial charge in [-0.25, -0.2) is 0 Å². The van der Waals surface area contributed by atoms with Gasteiger partial charge in [0.05, 0.1) is 0 Å². The molecule has 1 N–H and O–H groups in total. The van der Waals surface area contributed by atoms with Crippen LogP contribution in [0.25, 0.3) is 0 Å². The average Bonchev–Trinajstić information content (AvgIpc) is 2.24. The molecule has 0 saturated carbocycles. The van der Waals surface area contributed by atoms with E-state index in [-0.39, 0.29) is 0 Å². The molecular formula is C14H21O. The predicted octanol–water partition coefficient (Wildman–Crippen LogP) is 4.27. The third-order valence-corrected chi connectivity index (χ3v) is 2.79. The Labute approximate surface area is 93.1 Å². The van der Waals surface area contributed by atoms with Gasteiger partial charge in [-0.1, -0.05) is 39.2 Å². The summed E-state index contributed by atoms with van der Waals surface area (Å²) in [5, 5.41) is 9.44. The van der Waals surface area contributed by atoms with Crippen LogP contribution in [0.1, 0.15) is 57.4 Å². The zero-order chi connectivity index (χ0) is 11.1. The fourth-order valence-electron chi connectivity index (χ4n) is 1.96. The Hall–Kier alpha value is -0.980. The Morgan fingerprint density at radius 2 is 2.07 bits per heavy atom. The molecule has 1 atom stereocenters. The third-order valence-electron chi connectivity index (χ3n) is 2.79. The maximum atomic E-state index is 9.44. The van der Waals surface area contributed by atoms with Crippen molar-refractivity contribution in [1.82, 2.24) is 0 Å². The highest BCUT2D eigenvalue weighted by atomic mass is 16.3. The van der Waals surface area contributed by atoms with Gasteiger partial charge in [-0.15, -0.1) is 0 Å². The largest absolute Gasteiger partial charge is 0.508 e. The maximum absolute atomic E-state index is 9.44. The topological polar surface area (TPSA) is 20.2 Å². The van der Waals surface area contributed by atoms with E-state index in [1.54, 1.807) is 6.07 Å². The van der Waals surface area contributed by atoms with Gasteiger partial charge >= 0.3 is 0 Å². The lowest BCUT2D eigenvalue weighted by atomic mass is 9.90. The molecule has 1 heteroatoms. The Kier molecular flexibility index (Phi) is 5.23. The molecule has 0 bridgehead atoms. The average molecular weight is 205 g/mol. The van der Waals surface area contributed by atoms with Crippen LogP contribution in [-0.4, -0.2) is 5.11 Å². The molecule has 1 aromatic carbocycles. The molecular weight excluding hydrogens is 184 g/mol. The SMILES string of the molecule is CCCCC(CCC)c1[c]ccc(O)c1. The standard InChI is InChI=1S/C14H21O/c1-3-5-8-12(7-4-2)13-9-6-10-14(15)11-13/h6,10-12,15H,3-5,7-8H2,1-2H3. The molecule has 1 rings (SSSR count). The van der Waals surface area contributed by atoms with Crippen LogP contribution in [0.15, 0.2) is 18.2 Å². The molecule has 0 aromatic heterocycles. The van der Waals surface area contributed by atoms with E-state index in [1.807, 2.05) is 12.1 Å². The Balaban J connectivity index is 2.69. The van der Waals surface area contributed by atoms with Gasteiger partial charge in [0.25, 0.3) is 0 Å². The number of unbranched alkanes of at least 4 members (excludes halogenated alkanes) is 1. The van der Waals surface area contributed by atoms with Crippen molar-refractivity contribution in [1.29, 1.82) is 0 Å².